The summed E-state index contributed by atoms with van der Waals surface area (Å²) >= 11 is 0. The number of aromatic nitrogens is 1. The molecule has 0 saturated carbocycles. The van der Waals surface area contributed by atoms with Gasteiger partial charge in [0.2, 0.25) is 0 Å². The number of oxazole rings is 1. The summed E-state index contributed by atoms with van der Waals surface area (Å²) in [5.74, 6) is 1.29. The zero-order chi connectivity index (χ0) is 14.7. The van der Waals surface area contributed by atoms with Gasteiger partial charge in [-0.1, -0.05) is 20.8 Å². The van der Waals surface area contributed by atoms with Gasteiger partial charge in [-0.2, -0.15) is 4.98 Å². The molecule has 0 aromatic carbocycles. The third kappa shape index (κ3) is 3.73. The van der Waals surface area contributed by atoms with Gasteiger partial charge in [-0.05, 0) is 32.5 Å². The van der Waals surface area contributed by atoms with Crippen LogP contribution in [0.5, 0.6) is 0 Å². The van der Waals surface area contributed by atoms with Crippen LogP contribution in [-0.2, 0) is 6.54 Å². The molecule has 1 aliphatic rings. The van der Waals surface area contributed by atoms with E-state index >= 15 is 0 Å². The first-order valence-corrected chi connectivity index (χ1v) is 7.54. The maximum Gasteiger partial charge on any atom is 0.297 e. The van der Waals surface area contributed by atoms with Crippen molar-refractivity contribution in [2.45, 2.75) is 33.4 Å². The molecule has 20 heavy (non-hydrogen) atoms. The molecule has 1 aromatic heterocycles. The molecular weight excluding hydrogens is 252 g/mol. The highest BCUT2D eigenvalue weighted by Gasteiger charge is 2.33. The molecule has 1 aromatic rings. The highest BCUT2D eigenvalue weighted by molar-refractivity contribution is 5.30. The third-order valence-corrected chi connectivity index (χ3v) is 3.90. The van der Waals surface area contributed by atoms with E-state index in [1.54, 1.807) is 6.26 Å². The fourth-order valence-electron chi connectivity index (χ4n) is 2.79. The van der Waals surface area contributed by atoms with E-state index < -0.39 is 0 Å². The van der Waals surface area contributed by atoms with Crippen molar-refractivity contribution in [1.82, 2.24) is 15.2 Å². The van der Waals surface area contributed by atoms with Gasteiger partial charge in [0.05, 0.1) is 5.69 Å². The molecule has 0 radical (unpaired) electrons. The van der Waals surface area contributed by atoms with Gasteiger partial charge in [0.15, 0.2) is 0 Å². The predicted octanol–water partition coefficient (Wildman–Crippen LogP) is 1.81. The number of anilines is 1. The van der Waals surface area contributed by atoms with Crippen molar-refractivity contribution in [2.75, 3.05) is 38.6 Å². The normalized spacial score (nSPS) is 23.2. The van der Waals surface area contributed by atoms with Crippen LogP contribution in [0.4, 0.5) is 6.01 Å². The molecule has 0 spiro atoms. The molecule has 114 valence electrons. The second-order valence-corrected chi connectivity index (χ2v) is 6.56. The average Bonchev–Trinajstić information content (AvgIpc) is 2.95. The van der Waals surface area contributed by atoms with Crippen molar-refractivity contribution in [3.63, 3.8) is 0 Å². The minimum absolute atomic E-state index is 0.574. The van der Waals surface area contributed by atoms with Gasteiger partial charge in [0.25, 0.3) is 6.01 Å². The Morgan fingerprint density at radius 2 is 2.20 bits per heavy atom. The molecule has 1 aliphatic heterocycles. The SMILES string of the molecule is CC(C)CNCc1coc(N2CC(C)C(N(C)C)C2)n1. The Morgan fingerprint density at radius 1 is 1.45 bits per heavy atom. The van der Waals surface area contributed by atoms with Crippen molar-refractivity contribution in [3.05, 3.63) is 12.0 Å². The monoisotopic (exact) mass is 280 g/mol. The number of likely N-dealkylation sites (N-methyl/N-ethyl adjacent to an activating group) is 1. The van der Waals surface area contributed by atoms with E-state index in [0.717, 1.165) is 37.9 Å². The maximum absolute atomic E-state index is 5.64. The molecule has 2 unspecified atom stereocenters. The van der Waals surface area contributed by atoms with Gasteiger partial charge in [0, 0.05) is 25.7 Å². The Labute approximate surface area is 122 Å². The van der Waals surface area contributed by atoms with Crippen molar-refractivity contribution in [1.29, 1.82) is 0 Å². The molecule has 0 bridgehead atoms. The van der Waals surface area contributed by atoms with Gasteiger partial charge in [-0.15, -0.1) is 0 Å². The minimum atomic E-state index is 0.574. The quantitative estimate of drug-likeness (QED) is 0.861. The van der Waals surface area contributed by atoms with Gasteiger partial charge in [-0.3, -0.25) is 0 Å². The molecule has 2 heterocycles. The summed E-state index contributed by atoms with van der Waals surface area (Å²) in [7, 11) is 4.28. The van der Waals surface area contributed by atoms with Crippen LogP contribution >= 0.6 is 0 Å². The van der Waals surface area contributed by atoms with Crippen molar-refractivity contribution >= 4 is 6.01 Å². The summed E-state index contributed by atoms with van der Waals surface area (Å²) in [6.45, 7) is 10.5. The molecular formula is C15H28N4O. The molecule has 5 heteroatoms. The van der Waals surface area contributed by atoms with E-state index in [2.05, 4.69) is 55.0 Å². The second-order valence-electron chi connectivity index (χ2n) is 6.56. The first-order valence-electron chi connectivity index (χ1n) is 7.54. The molecule has 2 rings (SSSR count). The summed E-state index contributed by atoms with van der Waals surface area (Å²) in [5, 5.41) is 3.39. The molecule has 2 atom stereocenters. The van der Waals surface area contributed by atoms with Crippen molar-refractivity contribution < 1.29 is 4.42 Å². The first kappa shape index (κ1) is 15.3. The Hall–Kier alpha value is -1.07. The van der Waals surface area contributed by atoms with E-state index in [1.807, 2.05) is 0 Å². The Bertz CT molecular complexity index is 416. The van der Waals surface area contributed by atoms with Crippen molar-refractivity contribution in [2.24, 2.45) is 11.8 Å². The Kier molecular flexibility index (Phi) is 5.05. The lowest BCUT2D eigenvalue weighted by Gasteiger charge is -2.22. The summed E-state index contributed by atoms with van der Waals surface area (Å²) in [5.41, 5.74) is 0.988. The summed E-state index contributed by atoms with van der Waals surface area (Å²) in [4.78, 5) is 9.14. The number of hydrogen-bond donors (Lipinski definition) is 1. The largest absolute Gasteiger partial charge is 0.432 e. The van der Waals surface area contributed by atoms with Crippen LogP contribution in [0.25, 0.3) is 0 Å². The molecule has 1 fully saturated rings. The van der Waals surface area contributed by atoms with E-state index in [-0.39, 0.29) is 0 Å². The third-order valence-electron chi connectivity index (χ3n) is 3.90. The fraction of sp³-hybridized carbons (Fsp3) is 0.800. The summed E-state index contributed by atoms with van der Waals surface area (Å²) in [6.07, 6.45) is 1.77. The van der Waals surface area contributed by atoms with Gasteiger partial charge >= 0.3 is 0 Å². The molecule has 0 aliphatic carbocycles. The second kappa shape index (κ2) is 6.59. The lowest BCUT2D eigenvalue weighted by Crippen LogP contribution is -2.34. The highest BCUT2D eigenvalue weighted by Crippen LogP contribution is 2.25. The number of nitrogens with one attached hydrogen (secondary N) is 1. The number of rotatable bonds is 6. The van der Waals surface area contributed by atoms with Crippen LogP contribution in [0.1, 0.15) is 26.5 Å². The standard InChI is InChI=1S/C15H28N4O/c1-11(2)6-16-7-13-10-20-15(17-13)19-8-12(3)14(9-19)18(4)5/h10-12,14,16H,6-9H2,1-5H3. The van der Waals surface area contributed by atoms with Crippen LogP contribution in [0, 0.1) is 11.8 Å². The van der Waals surface area contributed by atoms with Crippen LogP contribution in [0.3, 0.4) is 0 Å². The van der Waals surface area contributed by atoms with Crippen LogP contribution in [0.15, 0.2) is 10.7 Å². The Morgan fingerprint density at radius 3 is 2.80 bits per heavy atom. The maximum atomic E-state index is 5.64. The summed E-state index contributed by atoms with van der Waals surface area (Å²) < 4.78 is 5.64. The fourth-order valence-corrected chi connectivity index (χ4v) is 2.79. The van der Waals surface area contributed by atoms with E-state index in [1.165, 1.54) is 0 Å². The summed E-state index contributed by atoms with van der Waals surface area (Å²) in [6, 6.07) is 1.34. The van der Waals surface area contributed by atoms with E-state index in [0.29, 0.717) is 17.9 Å². The molecule has 1 N–H and O–H groups in total. The van der Waals surface area contributed by atoms with Gasteiger partial charge < -0.3 is 19.5 Å². The predicted molar refractivity (Wildman–Crippen MR) is 81.9 cm³/mol. The number of nitrogens with zero attached hydrogens (tertiary/aromatic N) is 3. The van der Waals surface area contributed by atoms with Gasteiger partial charge in [0.1, 0.15) is 6.26 Å². The Balaban J connectivity index is 1.89. The average molecular weight is 280 g/mol. The number of hydrogen-bond acceptors (Lipinski definition) is 5. The zero-order valence-corrected chi connectivity index (χ0v) is 13.4. The zero-order valence-electron chi connectivity index (χ0n) is 13.4. The minimum Gasteiger partial charge on any atom is -0.432 e. The van der Waals surface area contributed by atoms with Crippen LogP contribution < -0.4 is 10.2 Å². The lowest BCUT2D eigenvalue weighted by atomic mass is 10.1. The smallest absolute Gasteiger partial charge is 0.297 e. The first-order chi connectivity index (χ1) is 9.47. The van der Waals surface area contributed by atoms with Crippen LogP contribution in [-0.4, -0.2) is 49.7 Å². The molecule has 1 saturated heterocycles. The van der Waals surface area contributed by atoms with E-state index in [9.17, 15) is 0 Å². The van der Waals surface area contributed by atoms with E-state index in [4.69, 9.17) is 4.42 Å². The van der Waals surface area contributed by atoms with Crippen LogP contribution in [0.2, 0.25) is 0 Å². The molecule has 0 amide bonds. The molecule has 5 nitrogen and oxygen atoms in total. The van der Waals surface area contributed by atoms with Crippen molar-refractivity contribution in [3.8, 4) is 0 Å². The van der Waals surface area contributed by atoms with Gasteiger partial charge in [-0.25, -0.2) is 0 Å². The lowest BCUT2D eigenvalue weighted by molar-refractivity contribution is 0.266. The topological polar surface area (TPSA) is 44.5 Å². The highest BCUT2D eigenvalue weighted by atomic mass is 16.4.